The minimum atomic E-state index is -3.91. The SMILES string of the molecule is CCCN(c1ccc(Br)cc1)S(=O)(=O)c1cc(N=O)ccc1OC. The average molecular weight is 413 g/mol. The first-order chi connectivity index (χ1) is 11.4. The van der Waals surface area contributed by atoms with Gasteiger partial charge in [-0.1, -0.05) is 22.9 Å². The molecule has 8 heteroatoms. The number of methoxy groups -OCH3 is 1. The zero-order chi connectivity index (χ0) is 17.7. The summed E-state index contributed by atoms with van der Waals surface area (Å²) in [6.45, 7) is 2.19. The summed E-state index contributed by atoms with van der Waals surface area (Å²) >= 11 is 3.34. The second-order valence-electron chi connectivity index (χ2n) is 4.98. The standard InChI is InChI=1S/C16H17BrN2O4S/c1-3-10-19(14-7-4-12(17)5-8-14)24(21,22)16-11-13(18-20)6-9-15(16)23-2/h4-9,11H,3,10H2,1-2H3. The van der Waals surface area contributed by atoms with E-state index in [0.29, 0.717) is 18.7 Å². The second kappa shape index (κ2) is 7.76. The Morgan fingerprint density at radius 2 is 1.83 bits per heavy atom. The molecule has 0 N–H and O–H groups in total. The van der Waals surface area contributed by atoms with Gasteiger partial charge in [-0.2, -0.15) is 0 Å². The van der Waals surface area contributed by atoms with E-state index < -0.39 is 10.0 Å². The number of anilines is 1. The van der Waals surface area contributed by atoms with Crippen molar-refractivity contribution in [1.29, 1.82) is 0 Å². The molecule has 0 unspecified atom stereocenters. The van der Waals surface area contributed by atoms with Crippen molar-refractivity contribution in [1.82, 2.24) is 0 Å². The molecule has 0 aliphatic heterocycles. The molecule has 0 amide bonds. The lowest BCUT2D eigenvalue weighted by Crippen LogP contribution is -2.32. The predicted octanol–water partition coefficient (Wildman–Crippen LogP) is 4.46. The van der Waals surface area contributed by atoms with Crippen molar-refractivity contribution < 1.29 is 13.2 Å². The van der Waals surface area contributed by atoms with Crippen LogP contribution < -0.4 is 9.04 Å². The van der Waals surface area contributed by atoms with Gasteiger partial charge in [0.05, 0.1) is 12.8 Å². The molecule has 0 atom stereocenters. The number of nitroso groups, excluding NO2 is 1. The molecule has 0 fully saturated rings. The molecular formula is C16H17BrN2O4S. The Kier molecular flexibility index (Phi) is 5.95. The van der Waals surface area contributed by atoms with Crippen LogP contribution in [-0.2, 0) is 10.0 Å². The van der Waals surface area contributed by atoms with Gasteiger partial charge in [-0.05, 0) is 54.1 Å². The normalized spacial score (nSPS) is 11.1. The smallest absolute Gasteiger partial charge is 0.268 e. The van der Waals surface area contributed by atoms with E-state index in [0.717, 1.165) is 4.47 Å². The third-order valence-corrected chi connectivity index (χ3v) is 5.74. The van der Waals surface area contributed by atoms with Crippen molar-refractivity contribution in [2.75, 3.05) is 18.0 Å². The molecule has 0 aliphatic rings. The highest BCUT2D eigenvalue weighted by Gasteiger charge is 2.28. The minimum absolute atomic E-state index is 0.0293. The maximum Gasteiger partial charge on any atom is 0.268 e. The molecule has 24 heavy (non-hydrogen) atoms. The third-order valence-electron chi connectivity index (χ3n) is 3.36. The highest BCUT2D eigenvalue weighted by Crippen LogP contribution is 2.33. The molecule has 0 bridgehead atoms. The third kappa shape index (κ3) is 3.76. The van der Waals surface area contributed by atoms with Gasteiger partial charge in [0.15, 0.2) is 0 Å². The van der Waals surface area contributed by atoms with E-state index >= 15 is 0 Å². The largest absolute Gasteiger partial charge is 0.495 e. The van der Waals surface area contributed by atoms with Crippen molar-refractivity contribution in [3.05, 3.63) is 51.8 Å². The van der Waals surface area contributed by atoms with Gasteiger partial charge in [0.1, 0.15) is 16.3 Å². The first-order valence-corrected chi connectivity index (χ1v) is 9.47. The fourth-order valence-corrected chi connectivity index (χ4v) is 4.24. The second-order valence-corrected chi connectivity index (χ2v) is 7.73. The summed E-state index contributed by atoms with van der Waals surface area (Å²) in [5.41, 5.74) is 0.563. The predicted molar refractivity (Wildman–Crippen MR) is 97.4 cm³/mol. The fraction of sp³-hybridized carbons (Fsp3) is 0.250. The van der Waals surface area contributed by atoms with Gasteiger partial charge in [0.2, 0.25) is 0 Å². The number of sulfonamides is 1. The molecule has 0 aromatic heterocycles. The van der Waals surface area contributed by atoms with Gasteiger partial charge in [-0.3, -0.25) is 4.31 Å². The van der Waals surface area contributed by atoms with E-state index in [4.69, 9.17) is 4.74 Å². The van der Waals surface area contributed by atoms with Crippen molar-refractivity contribution >= 4 is 37.3 Å². The number of rotatable bonds is 7. The lowest BCUT2D eigenvalue weighted by molar-refractivity contribution is 0.402. The molecule has 2 aromatic carbocycles. The lowest BCUT2D eigenvalue weighted by atomic mass is 10.3. The molecular weight excluding hydrogens is 396 g/mol. The Morgan fingerprint density at radius 3 is 2.38 bits per heavy atom. The number of hydrogen-bond acceptors (Lipinski definition) is 5. The van der Waals surface area contributed by atoms with Crippen LogP contribution in [-0.4, -0.2) is 22.1 Å². The Balaban J connectivity index is 2.60. The van der Waals surface area contributed by atoms with E-state index in [9.17, 15) is 13.3 Å². The van der Waals surface area contributed by atoms with Crippen molar-refractivity contribution in [3.8, 4) is 5.75 Å². The Morgan fingerprint density at radius 1 is 1.17 bits per heavy atom. The molecule has 0 radical (unpaired) electrons. The van der Waals surface area contributed by atoms with Gasteiger partial charge in [0, 0.05) is 11.0 Å². The highest BCUT2D eigenvalue weighted by atomic mass is 79.9. The number of halogens is 1. The molecule has 0 saturated heterocycles. The van der Waals surface area contributed by atoms with Crippen molar-refractivity contribution in [2.24, 2.45) is 5.18 Å². The van der Waals surface area contributed by atoms with Crippen LogP contribution in [0.25, 0.3) is 0 Å². The molecule has 0 heterocycles. The Bertz CT molecular complexity index is 822. The van der Waals surface area contributed by atoms with Crippen LogP contribution in [0.15, 0.2) is 57.0 Å². The summed E-state index contributed by atoms with van der Waals surface area (Å²) in [6.07, 6.45) is 0.628. The van der Waals surface area contributed by atoms with Gasteiger partial charge in [0.25, 0.3) is 10.0 Å². The molecule has 2 aromatic rings. The van der Waals surface area contributed by atoms with Gasteiger partial charge in [-0.15, -0.1) is 4.91 Å². The van der Waals surface area contributed by atoms with Crippen LogP contribution in [0, 0.1) is 4.91 Å². The lowest BCUT2D eigenvalue weighted by Gasteiger charge is -2.25. The average Bonchev–Trinajstić information content (AvgIpc) is 2.60. The van der Waals surface area contributed by atoms with Gasteiger partial charge in [-0.25, -0.2) is 8.42 Å². The summed E-state index contributed by atoms with van der Waals surface area (Å²) in [5.74, 6) is 0.167. The first-order valence-electron chi connectivity index (χ1n) is 7.23. The van der Waals surface area contributed by atoms with Crippen LogP contribution in [0.2, 0.25) is 0 Å². The van der Waals surface area contributed by atoms with Crippen molar-refractivity contribution in [3.63, 3.8) is 0 Å². The molecule has 0 saturated carbocycles. The Labute approximate surface area is 149 Å². The van der Waals surface area contributed by atoms with E-state index in [1.807, 2.05) is 6.92 Å². The molecule has 6 nitrogen and oxygen atoms in total. The van der Waals surface area contributed by atoms with Crippen molar-refractivity contribution in [2.45, 2.75) is 18.2 Å². The number of nitrogens with zero attached hydrogens (tertiary/aromatic N) is 2. The number of benzene rings is 2. The van der Waals surface area contributed by atoms with E-state index in [-0.39, 0.29) is 16.3 Å². The maximum atomic E-state index is 13.1. The van der Waals surface area contributed by atoms with E-state index in [1.54, 1.807) is 24.3 Å². The summed E-state index contributed by atoms with van der Waals surface area (Å²) in [4.78, 5) is 10.7. The van der Waals surface area contributed by atoms with Crippen LogP contribution in [0.1, 0.15) is 13.3 Å². The minimum Gasteiger partial charge on any atom is -0.495 e. The Hall–Kier alpha value is -1.93. The zero-order valence-electron chi connectivity index (χ0n) is 13.3. The highest BCUT2D eigenvalue weighted by molar-refractivity contribution is 9.10. The monoisotopic (exact) mass is 412 g/mol. The molecule has 0 aliphatic carbocycles. The molecule has 128 valence electrons. The van der Waals surface area contributed by atoms with Crippen LogP contribution >= 0.6 is 15.9 Å². The summed E-state index contributed by atoms with van der Waals surface area (Å²) in [5, 5.41) is 2.82. The first kappa shape index (κ1) is 18.4. The topological polar surface area (TPSA) is 76.0 Å². The van der Waals surface area contributed by atoms with E-state index in [2.05, 4.69) is 21.1 Å². The summed E-state index contributed by atoms with van der Waals surface area (Å²) in [7, 11) is -2.53. The quantitative estimate of drug-likeness (QED) is 0.628. The van der Waals surface area contributed by atoms with Crippen LogP contribution in [0.3, 0.4) is 0 Å². The summed E-state index contributed by atoms with van der Waals surface area (Å²) in [6, 6.07) is 11.0. The number of hydrogen-bond donors (Lipinski definition) is 0. The molecule has 0 spiro atoms. The maximum absolute atomic E-state index is 13.1. The van der Waals surface area contributed by atoms with E-state index in [1.165, 1.54) is 29.6 Å². The van der Waals surface area contributed by atoms with Gasteiger partial charge >= 0.3 is 0 Å². The summed E-state index contributed by atoms with van der Waals surface area (Å²) < 4.78 is 33.6. The van der Waals surface area contributed by atoms with Crippen LogP contribution in [0.4, 0.5) is 11.4 Å². The fourth-order valence-electron chi connectivity index (χ4n) is 2.24. The zero-order valence-corrected chi connectivity index (χ0v) is 15.7. The van der Waals surface area contributed by atoms with Crippen LogP contribution in [0.5, 0.6) is 5.75 Å². The van der Waals surface area contributed by atoms with Gasteiger partial charge < -0.3 is 4.74 Å². The molecule has 2 rings (SSSR count). The number of ether oxygens (including phenoxy) is 1.